The summed E-state index contributed by atoms with van der Waals surface area (Å²) in [5.74, 6) is 0.588. The third-order valence-corrected chi connectivity index (χ3v) is 4.78. The van der Waals surface area contributed by atoms with E-state index in [4.69, 9.17) is 11.6 Å². The largest absolute Gasteiger partial charge is 0.299 e. The molecule has 2 rings (SSSR count). The molecule has 4 heteroatoms. The first-order chi connectivity index (χ1) is 9.67. The van der Waals surface area contributed by atoms with E-state index in [-0.39, 0.29) is 5.92 Å². The van der Waals surface area contributed by atoms with Crippen LogP contribution in [0.3, 0.4) is 0 Å². The lowest BCUT2D eigenvalue weighted by Gasteiger charge is -2.13. The summed E-state index contributed by atoms with van der Waals surface area (Å²) in [4.78, 5) is 12.5. The topological polar surface area (TPSA) is 34.9 Å². The van der Waals surface area contributed by atoms with E-state index in [1.165, 1.54) is 25.7 Å². The summed E-state index contributed by atoms with van der Waals surface area (Å²) in [5.41, 5.74) is 1.83. The molecule has 112 valence electrons. The van der Waals surface area contributed by atoms with Gasteiger partial charge in [0.15, 0.2) is 0 Å². The Bertz CT molecular complexity index is 459. The van der Waals surface area contributed by atoms with Gasteiger partial charge in [-0.3, -0.25) is 9.48 Å². The van der Waals surface area contributed by atoms with Crippen molar-refractivity contribution < 1.29 is 4.79 Å². The van der Waals surface area contributed by atoms with E-state index in [1.807, 2.05) is 18.5 Å². The van der Waals surface area contributed by atoms with Crippen LogP contribution < -0.4 is 0 Å². The molecule has 0 aromatic carbocycles. The first kappa shape index (κ1) is 15.6. The monoisotopic (exact) mass is 296 g/mol. The van der Waals surface area contributed by atoms with Gasteiger partial charge in [-0.1, -0.05) is 44.2 Å². The molecule has 0 radical (unpaired) electrons. The number of Topliss-reactive ketones (excluding diaryl/α,β-unsaturated/α-hetero) is 1. The van der Waals surface area contributed by atoms with E-state index in [2.05, 4.69) is 5.10 Å². The van der Waals surface area contributed by atoms with E-state index < -0.39 is 0 Å². The van der Waals surface area contributed by atoms with Crippen molar-refractivity contribution in [3.8, 4) is 0 Å². The zero-order valence-corrected chi connectivity index (χ0v) is 13.4. The Morgan fingerprint density at radius 3 is 2.45 bits per heavy atom. The van der Waals surface area contributed by atoms with Crippen molar-refractivity contribution in [1.82, 2.24) is 9.78 Å². The first-order valence-electron chi connectivity index (χ1n) is 7.94. The van der Waals surface area contributed by atoms with Crippen molar-refractivity contribution in [1.29, 1.82) is 0 Å². The summed E-state index contributed by atoms with van der Waals surface area (Å²) in [5, 5.41) is 5.20. The van der Waals surface area contributed by atoms with Crippen LogP contribution >= 0.6 is 11.6 Å². The first-order valence-corrected chi connectivity index (χ1v) is 8.31. The molecule has 1 aromatic heterocycles. The maximum atomic E-state index is 12.5. The number of carbonyl (C=O) groups is 1. The maximum absolute atomic E-state index is 12.5. The highest BCUT2D eigenvalue weighted by Crippen LogP contribution is 2.27. The molecule has 0 aliphatic heterocycles. The van der Waals surface area contributed by atoms with Gasteiger partial charge in [0.2, 0.25) is 0 Å². The Balaban J connectivity index is 2.12. The van der Waals surface area contributed by atoms with E-state index in [0.717, 1.165) is 37.2 Å². The number of nitrogens with zero attached hydrogens (tertiary/aromatic N) is 2. The fourth-order valence-corrected chi connectivity index (χ4v) is 3.43. The molecule has 1 aliphatic carbocycles. The van der Waals surface area contributed by atoms with Crippen molar-refractivity contribution in [3.05, 3.63) is 16.4 Å². The summed E-state index contributed by atoms with van der Waals surface area (Å²) in [6.07, 6.45) is 8.30. The average Bonchev–Trinajstić information content (AvgIpc) is 2.65. The van der Waals surface area contributed by atoms with E-state index in [9.17, 15) is 4.79 Å². The standard InChI is InChI=1S/C16H25ClN2O/c1-3-13-16(17)14(19(4-2)18-13)11-15(20)12-9-7-5-6-8-10-12/h12H,3-11H2,1-2H3. The van der Waals surface area contributed by atoms with E-state index >= 15 is 0 Å². The molecule has 3 nitrogen and oxygen atoms in total. The molecule has 0 amide bonds. The Labute approximate surface area is 126 Å². The van der Waals surface area contributed by atoms with Crippen LogP contribution in [0.2, 0.25) is 5.02 Å². The Morgan fingerprint density at radius 1 is 1.25 bits per heavy atom. The molecular weight excluding hydrogens is 272 g/mol. The smallest absolute Gasteiger partial charge is 0.141 e. The van der Waals surface area contributed by atoms with Crippen LogP contribution in [0.1, 0.15) is 63.8 Å². The van der Waals surface area contributed by atoms with Crippen LogP contribution in [0.15, 0.2) is 0 Å². The third kappa shape index (κ3) is 3.43. The Morgan fingerprint density at radius 2 is 1.90 bits per heavy atom. The lowest BCUT2D eigenvalue weighted by atomic mass is 9.92. The van der Waals surface area contributed by atoms with Gasteiger partial charge in [0.05, 0.1) is 22.8 Å². The van der Waals surface area contributed by atoms with Gasteiger partial charge in [-0.25, -0.2) is 0 Å². The van der Waals surface area contributed by atoms with Gasteiger partial charge in [0, 0.05) is 12.5 Å². The van der Waals surface area contributed by atoms with Crippen molar-refractivity contribution >= 4 is 17.4 Å². The summed E-state index contributed by atoms with van der Waals surface area (Å²) in [7, 11) is 0. The number of aromatic nitrogens is 2. The third-order valence-electron chi connectivity index (χ3n) is 4.35. The molecule has 1 aliphatic rings. The van der Waals surface area contributed by atoms with Gasteiger partial charge < -0.3 is 0 Å². The molecule has 0 spiro atoms. The maximum Gasteiger partial charge on any atom is 0.141 e. The minimum atomic E-state index is 0.235. The van der Waals surface area contributed by atoms with Crippen molar-refractivity contribution in [2.24, 2.45) is 5.92 Å². The Kier molecular flexibility index (Phi) is 5.64. The highest BCUT2D eigenvalue weighted by molar-refractivity contribution is 6.32. The molecule has 1 aromatic rings. The molecule has 1 heterocycles. The van der Waals surface area contributed by atoms with Crippen LogP contribution in [0.25, 0.3) is 0 Å². The number of halogens is 1. The van der Waals surface area contributed by atoms with Gasteiger partial charge in [-0.15, -0.1) is 0 Å². The molecule has 0 bridgehead atoms. The van der Waals surface area contributed by atoms with Gasteiger partial charge in [-0.05, 0) is 26.2 Å². The van der Waals surface area contributed by atoms with Crippen LogP contribution in [0.4, 0.5) is 0 Å². The van der Waals surface area contributed by atoms with Crippen molar-refractivity contribution in [2.45, 2.75) is 71.8 Å². The van der Waals surface area contributed by atoms with Crippen LogP contribution in [0.5, 0.6) is 0 Å². The average molecular weight is 297 g/mol. The van der Waals surface area contributed by atoms with Gasteiger partial charge in [0.1, 0.15) is 5.78 Å². The number of ketones is 1. The number of aryl methyl sites for hydroxylation is 2. The fraction of sp³-hybridized carbons (Fsp3) is 0.750. The normalized spacial score (nSPS) is 17.1. The second kappa shape index (κ2) is 7.26. The zero-order chi connectivity index (χ0) is 14.5. The van der Waals surface area contributed by atoms with Crippen molar-refractivity contribution in [3.63, 3.8) is 0 Å². The number of hydrogen-bond acceptors (Lipinski definition) is 2. The van der Waals surface area contributed by atoms with Crippen LogP contribution in [-0.2, 0) is 24.2 Å². The highest BCUT2D eigenvalue weighted by Gasteiger charge is 2.23. The summed E-state index contributed by atoms with van der Waals surface area (Å²) in [6, 6.07) is 0. The van der Waals surface area contributed by atoms with Gasteiger partial charge in [0.25, 0.3) is 0 Å². The molecule has 0 N–H and O–H groups in total. The lowest BCUT2D eigenvalue weighted by Crippen LogP contribution is -2.18. The Hall–Kier alpha value is -0.830. The van der Waals surface area contributed by atoms with Crippen LogP contribution in [0, 0.1) is 5.92 Å². The minimum absolute atomic E-state index is 0.235. The van der Waals surface area contributed by atoms with E-state index in [0.29, 0.717) is 17.2 Å². The second-order valence-corrected chi connectivity index (χ2v) is 6.09. The quantitative estimate of drug-likeness (QED) is 0.763. The predicted octanol–water partition coefficient (Wildman–Crippen LogP) is 4.20. The molecule has 20 heavy (non-hydrogen) atoms. The summed E-state index contributed by atoms with van der Waals surface area (Å²) < 4.78 is 1.90. The van der Waals surface area contributed by atoms with Crippen molar-refractivity contribution in [2.75, 3.05) is 0 Å². The zero-order valence-electron chi connectivity index (χ0n) is 12.6. The fourth-order valence-electron chi connectivity index (χ4n) is 3.10. The summed E-state index contributed by atoms with van der Waals surface area (Å²) >= 11 is 6.39. The van der Waals surface area contributed by atoms with Crippen LogP contribution in [-0.4, -0.2) is 15.6 Å². The highest BCUT2D eigenvalue weighted by atomic mass is 35.5. The number of carbonyl (C=O) groups excluding carboxylic acids is 1. The number of rotatable bonds is 5. The minimum Gasteiger partial charge on any atom is -0.299 e. The molecule has 0 atom stereocenters. The SMILES string of the molecule is CCc1nn(CC)c(CC(=O)C2CCCCCC2)c1Cl. The van der Waals surface area contributed by atoms with E-state index in [1.54, 1.807) is 0 Å². The molecule has 0 unspecified atom stereocenters. The number of hydrogen-bond donors (Lipinski definition) is 0. The molecule has 0 saturated heterocycles. The molecule has 1 fully saturated rings. The molecule has 1 saturated carbocycles. The predicted molar refractivity (Wildman–Crippen MR) is 82.2 cm³/mol. The molecular formula is C16H25ClN2O. The second-order valence-electron chi connectivity index (χ2n) is 5.71. The summed E-state index contributed by atoms with van der Waals surface area (Å²) in [6.45, 7) is 4.86. The van der Waals surface area contributed by atoms with Gasteiger partial charge in [-0.2, -0.15) is 5.10 Å². The van der Waals surface area contributed by atoms with Gasteiger partial charge >= 0.3 is 0 Å². The lowest BCUT2D eigenvalue weighted by molar-refractivity contribution is -0.122.